The van der Waals surface area contributed by atoms with Gasteiger partial charge in [0.15, 0.2) is 12.2 Å². The lowest BCUT2D eigenvalue weighted by Crippen LogP contribution is -2.34. The molecule has 2 atom stereocenters. The first-order chi connectivity index (χ1) is 10.2. The normalized spacial score (nSPS) is 21.0. The average Bonchev–Trinajstić information content (AvgIpc) is 3.02. The number of hydrogen-bond acceptors (Lipinski definition) is 4. The standard InChI is InChI=1S/C16H19N3O2.ClH/c17-13-3-1-2-12(8-13)16(20)19-14-6-4-11(5-7-14)15-9-18-10-21-15;/h4-7,9-10,12-13H,1-3,8,17H2,(H,19,20);1H. The van der Waals surface area contributed by atoms with E-state index in [9.17, 15) is 4.79 Å². The molecule has 5 nitrogen and oxygen atoms in total. The van der Waals surface area contributed by atoms with Crippen molar-refractivity contribution >= 4 is 24.0 Å². The Morgan fingerprint density at radius 2 is 2.05 bits per heavy atom. The lowest BCUT2D eigenvalue weighted by Gasteiger charge is -2.25. The summed E-state index contributed by atoms with van der Waals surface area (Å²) >= 11 is 0. The van der Waals surface area contributed by atoms with Crippen LogP contribution < -0.4 is 11.1 Å². The Hall–Kier alpha value is -1.85. The van der Waals surface area contributed by atoms with E-state index in [2.05, 4.69) is 10.3 Å². The Balaban J connectivity index is 0.00000176. The van der Waals surface area contributed by atoms with E-state index < -0.39 is 0 Å². The third-order valence-corrected chi connectivity index (χ3v) is 3.95. The second kappa shape index (κ2) is 7.42. The summed E-state index contributed by atoms with van der Waals surface area (Å²) in [5, 5.41) is 2.96. The number of nitrogens with zero attached hydrogens (tertiary/aromatic N) is 1. The molecule has 1 aromatic heterocycles. The fourth-order valence-electron chi connectivity index (χ4n) is 2.79. The van der Waals surface area contributed by atoms with Crippen LogP contribution in [-0.2, 0) is 4.79 Å². The van der Waals surface area contributed by atoms with Crippen LogP contribution in [0.1, 0.15) is 25.7 Å². The summed E-state index contributed by atoms with van der Waals surface area (Å²) in [6.45, 7) is 0. The maximum atomic E-state index is 12.2. The lowest BCUT2D eigenvalue weighted by molar-refractivity contribution is -0.120. The number of aromatic nitrogens is 1. The fraction of sp³-hybridized carbons (Fsp3) is 0.375. The van der Waals surface area contributed by atoms with Gasteiger partial charge in [0.05, 0.1) is 6.20 Å². The lowest BCUT2D eigenvalue weighted by atomic mass is 9.85. The van der Waals surface area contributed by atoms with Crippen molar-refractivity contribution in [1.82, 2.24) is 4.98 Å². The highest BCUT2D eigenvalue weighted by atomic mass is 35.5. The second-order valence-corrected chi connectivity index (χ2v) is 5.56. The Morgan fingerprint density at radius 1 is 1.27 bits per heavy atom. The van der Waals surface area contributed by atoms with Gasteiger partial charge in [0.25, 0.3) is 0 Å². The highest BCUT2D eigenvalue weighted by molar-refractivity contribution is 5.92. The quantitative estimate of drug-likeness (QED) is 0.909. The van der Waals surface area contributed by atoms with Gasteiger partial charge in [-0.25, -0.2) is 4.98 Å². The minimum absolute atomic E-state index is 0. The van der Waals surface area contributed by atoms with E-state index >= 15 is 0 Å². The average molecular weight is 322 g/mol. The molecule has 22 heavy (non-hydrogen) atoms. The number of carbonyl (C=O) groups is 1. The van der Waals surface area contributed by atoms with E-state index in [1.165, 1.54) is 6.39 Å². The Labute approximate surface area is 135 Å². The van der Waals surface area contributed by atoms with Gasteiger partial charge in [0, 0.05) is 23.2 Å². The van der Waals surface area contributed by atoms with E-state index in [0.717, 1.165) is 36.9 Å². The number of amides is 1. The maximum absolute atomic E-state index is 12.2. The topological polar surface area (TPSA) is 81.2 Å². The van der Waals surface area contributed by atoms with Crippen LogP contribution in [-0.4, -0.2) is 16.9 Å². The summed E-state index contributed by atoms with van der Waals surface area (Å²) in [5.41, 5.74) is 7.66. The largest absolute Gasteiger partial charge is 0.444 e. The number of anilines is 1. The van der Waals surface area contributed by atoms with Crippen LogP contribution in [0.2, 0.25) is 0 Å². The summed E-state index contributed by atoms with van der Waals surface area (Å²) in [7, 11) is 0. The molecule has 118 valence electrons. The van der Waals surface area contributed by atoms with Gasteiger partial charge in [-0.1, -0.05) is 6.42 Å². The number of halogens is 1. The van der Waals surface area contributed by atoms with Crippen molar-refractivity contribution in [1.29, 1.82) is 0 Å². The molecule has 1 aliphatic carbocycles. The van der Waals surface area contributed by atoms with Crippen LogP contribution >= 0.6 is 12.4 Å². The molecule has 1 fully saturated rings. The fourth-order valence-corrected chi connectivity index (χ4v) is 2.79. The van der Waals surface area contributed by atoms with Crippen LogP contribution in [0, 0.1) is 5.92 Å². The van der Waals surface area contributed by atoms with Gasteiger partial charge in [0.1, 0.15) is 0 Å². The maximum Gasteiger partial charge on any atom is 0.227 e. The van der Waals surface area contributed by atoms with Crippen molar-refractivity contribution in [2.24, 2.45) is 11.7 Å². The number of rotatable bonds is 3. The first-order valence-corrected chi connectivity index (χ1v) is 7.28. The minimum atomic E-state index is 0. The molecule has 3 N–H and O–H groups in total. The number of benzene rings is 1. The molecule has 6 heteroatoms. The summed E-state index contributed by atoms with van der Waals surface area (Å²) < 4.78 is 5.24. The molecule has 1 aromatic carbocycles. The van der Waals surface area contributed by atoms with Gasteiger partial charge >= 0.3 is 0 Å². The predicted molar refractivity (Wildman–Crippen MR) is 87.8 cm³/mol. The second-order valence-electron chi connectivity index (χ2n) is 5.56. The van der Waals surface area contributed by atoms with Crippen LogP contribution in [0.15, 0.2) is 41.3 Å². The van der Waals surface area contributed by atoms with Crippen molar-refractivity contribution < 1.29 is 9.21 Å². The molecule has 0 radical (unpaired) electrons. The van der Waals surface area contributed by atoms with Gasteiger partial charge < -0.3 is 15.5 Å². The number of nitrogens with one attached hydrogen (secondary N) is 1. The van der Waals surface area contributed by atoms with Gasteiger partial charge in [-0.15, -0.1) is 12.4 Å². The van der Waals surface area contributed by atoms with Gasteiger partial charge in [-0.2, -0.15) is 0 Å². The molecule has 1 heterocycles. The van der Waals surface area contributed by atoms with E-state index in [0.29, 0.717) is 5.76 Å². The van der Waals surface area contributed by atoms with Crippen molar-refractivity contribution in [3.63, 3.8) is 0 Å². The number of nitrogens with two attached hydrogens (primary N) is 1. The van der Waals surface area contributed by atoms with Gasteiger partial charge in [0.2, 0.25) is 5.91 Å². The van der Waals surface area contributed by atoms with E-state index in [1.54, 1.807) is 6.20 Å². The molecule has 0 saturated heterocycles. The monoisotopic (exact) mass is 321 g/mol. The van der Waals surface area contributed by atoms with Gasteiger partial charge in [-0.05, 0) is 43.5 Å². The first kappa shape index (κ1) is 16.5. The highest BCUT2D eigenvalue weighted by Crippen LogP contribution is 2.25. The molecule has 1 aliphatic rings. The van der Waals surface area contributed by atoms with Crippen molar-refractivity contribution in [3.05, 3.63) is 36.9 Å². The van der Waals surface area contributed by atoms with E-state index in [4.69, 9.17) is 10.2 Å². The molecule has 1 amide bonds. The van der Waals surface area contributed by atoms with Crippen LogP contribution in [0.4, 0.5) is 5.69 Å². The molecule has 1 saturated carbocycles. The smallest absolute Gasteiger partial charge is 0.227 e. The van der Waals surface area contributed by atoms with Crippen LogP contribution in [0.5, 0.6) is 0 Å². The third kappa shape index (κ3) is 3.87. The van der Waals surface area contributed by atoms with Crippen molar-refractivity contribution in [2.45, 2.75) is 31.7 Å². The van der Waals surface area contributed by atoms with Crippen LogP contribution in [0.3, 0.4) is 0 Å². The van der Waals surface area contributed by atoms with Crippen LogP contribution in [0.25, 0.3) is 11.3 Å². The molecule has 2 aromatic rings. The molecule has 2 unspecified atom stereocenters. The van der Waals surface area contributed by atoms with E-state index in [-0.39, 0.29) is 30.3 Å². The zero-order valence-corrected chi connectivity index (χ0v) is 13.0. The number of oxazole rings is 1. The molecule has 3 rings (SSSR count). The zero-order valence-electron chi connectivity index (χ0n) is 12.2. The highest BCUT2D eigenvalue weighted by Gasteiger charge is 2.25. The van der Waals surface area contributed by atoms with E-state index in [1.807, 2.05) is 24.3 Å². The molecular weight excluding hydrogens is 302 g/mol. The minimum Gasteiger partial charge on any atom is -0.444 e. The third-order valence-electron chi connectivity index (χ3n) is 3.95. The zero-order chi connectivity index (χ0) is 14.7. The molecule has 0 bridgehead atoms. The van der Waals surface area contributed by atoms with Gasteiger partial charge in [-0.3, -0.25) is 4.79 Å². The summed E-state index contributed by atoms with van der Waals surface area (Å²) in [6.07, 6.45) is 6.82. The SMILES string of the molecule is Cl.NC1CCCC(C(=O)Nc2ccc(-c3cnco3)cc2)C1. The molecule has 0 spiro atoms. The number of carbonyl (C=O) groups excluding carboxylic acids is 1. The Bertz CT molecular complexity index is 598. The number of hydrogen-bond donors (Lipinski definition) is 2. The molecule has 0 aliphatic heterocycles. The summed E-state index contributed by atoms with van der Waals surface area (Å²) in [6, 6.07) is 7.71. The molecular formula is C16H20ClN3O2. The Morgan fingerprint density at radius 3 is 2.68 bits per heavy atom. The predicted octanol–water partition coefficient (Wildman–Crippen LogP) is 3.22. The van der Waals surface area contributed by atoms with Crippen molar-refractivity contribution in [2.75, 3.05) is 5.32 Å². The summed E-state index contributed by atoms with van der Waals surface area (Å²) in [4.78, 5) is 16.1. The van der Waals surface area contributed by atoms with Crippen molar-refractivity contribution in [3.8, 4) is 11.3 Å². The first-order valence-electron chi connectivity index (χ1n) is 7.28. The Kier molecular flexibility index (Phi) is 5.57. The summed E-state index contributed by atoms with van der Waals surface area (Å²) in [5.74, 6) is 0.811.